The van der Waals surface area contributed by atoms with Crippen LogP contribution in [-0.4, -0.2) is 75.4 Å². The van der Waals surface area contributed by atoms with Crippen LogP contribution in [0.5, 0.6) is 0 Å². The molecule has 0 amide bonds. The van der Waals surface area contributed by atoms with Crippen molar-refractivity contribution in [1.29, 1.82) is 0 Å². The topological polar surface area (TPSA) is 106 Å². The fraction of sp³-hybridized carbons (Fsp3) is 0.821. The van der Waals surface area contributed by atoms with E-state index in [9.17, 15) is 0 Å². The summed E-state index contributed by atoms with van der Waals surface area (Å²) < 4.78 is 7.94. The summed E-state index contributed by atoms with van der Waals surface area (Å²) in [6.45, 7) is 7.38. The third-order valence-corrected chi connectivity index (χ3v) is 8.53. The molecule has 1 aliphatic heterocycles. The molecule has 3 aliphatic rings. The lowest BCUT2D eigenvalue weighted by Crippen LogP contribution is -2.39. The van der Waals surface area contributed by atoms with Gasteiger partial charge < -0.3 is 30.6 Å². The number of fused-ring (bicyclic) bond motifs is 1. The van der Waals surface area contributed by atoms with E-state index in [1.807, 2.05) is 6.33 Å². The van der Waals surface area contributed by atoms with Crippen LogP contribution in [0.1, 0.15) is 96.4 Å². The Kier molecular flexibility index (Phi) is 9.50. The highest BCUT2D eigenvalue weighted by Crippen LogP contribution is 2.34. The van der Waals surface area contributed by atoms with E-state index in [1.165, 1.54) is 38.6 Å². The van der Waals surface area contributed by atoms with E-state index < -0.39 is 0 Å². The zero-order chi connectivity index (χ0) is 25.5. The van der Waals surface area contributed by atoms with Crippen LogP contribution in [0.3, 0.4) is 0 Å². The largest absolute Gasteiger partial charge is 0.381 e. The molecule has 0 unspecified atom stereocenters. The molecule has 0 atom stereocenters. The summed E-state index contributed by atoms with van der Waals surface area (Å²) in [6.07, 6.45) is 17.0. The second kappa shape index (κ2) is 13.2. The molecule has 9 heteroatoms. The van der Waals surface area contributed by atoms with E-state index in [2.05, 4.69) is 27.0 Å². The zero-order valence-corrected chi connectivity index (χ0v) is 22.8. The summed E-state index contributed by atoms with van der Waals surface area (Å²) in [5.41, 5.74) is 8.03. The lowest BCUT2D eigenvalue weighted by atomic mass is 9.92. The van der Waals surface area contributed by atoms with Gasteiger partial charge in [0.05, 0.1) is 6.33 Å². The van der Waals surface area contributed by atoms with Crippen LogP contribution in [-0.2, 0) is 4.74 Å². The molecular formula is C28H48N8O. The molecule has 37 heavy (non-hydrogen) atoms. The van der Waals surface area contributed by atoms with Crippen LogP contribution in [0, 0.1) is 0 Å². The maximum absolute atomic E-state index is 6.14. The van der Waals surface area contributed by atoms with Crippen LogP contribution >= 0.6 is 0 Å². The molecule has 206 valence electrons. The highest BCUT2D eigenvalue weighted by atomic mass is 16.5. The van der Waals surface area contributed by atoms with Crippen molar-refractivity contribution >= 4 is 22.9 Å². The summed E-state index contributed by atoms with van der Waals surface area (Å²) in [5.74, 6) is 1.63. The van der Waals surface area contributed by atoms with E-state index in [0.717, 1.165) is 101 Å². The third-order valence-electron chi connectivity index (χ3n) is 8.53. The molecule has 9 nitrogen and oxygen atoms in total. The number of piperidine rings is 1. The Labute approximate surface area is 222 Å². The van der Waals surface area contributed by atoms with Crippen LogP contribution in [0.2, 0.25) is 0 Å². The summed E-state index contributed by atoms with van der Waals surface area (Å²) in [5, 5.41) is 7.44. The number of hydrogen-bond acceptors (Lipinski definition) is 8. The fourth-order valence-electron chi connectivity index (χ4n) is 6.26. The Hall–Kier alpha value is -1.97. The van der Waals surface area contributed by atoms with Crippen molar-refractivity contribution < 1.29 is 4.74 Å². The molecule has 0 aromatic carbocycles. The van der Waals surface area contributed by atoms with Gasteiger partial charge in [0.1, 0.15) is 0 Å². The van der Waals surface area contributed by atoms with Gasteiger partial charge in [-0.1, -0.05) is 19.8 Å². The molecule has 2 aliphatic carbocycles. The minimum absolute atomic E-state index is 0.336. The molecule has 5 rings (SSSR count). The van der Waals surface area contributed by atoms with Gasteiger partial charge in [-0.25, -0.2) is 4.98 Å². The monoisotopic (exact) mass is 512 g/mol. The number of anilines is 2. The SMILES string of the molecule is CCCOCCCCN1CCC(Nc2nc(NC3CCC(N)CC3)nc3c2ncn3C2CCCC2)CC1. The van der Waals surface area contributed by atoms with Gasteiger partial charge in [0.15, 0.2) is 17.0 Å². The number of unbranched alkanes of at least 4 members (excludes halogenated alkanes) is 1. The number of hydrogen-bond donors (Lipinski definition) is 3. The quantitative estimate of drug-likeness (QED) is 0.351. The Bertz CT molecular complexity index is 958. The van der Waals surface area contributed by atoms with Gasteiger partial charge in [-0.15, -0.1) is 0 Å². The number of nitrogens with one attached hydrogen (secondary N) is 2. The number of ether oxygens (including phenoxy) is 1. The predicted octanol–water partition coefficient (Wildman–Crippen LogP) is 4.71. The average Bonchev–Trinajstić information content (AvgIpc) is 3.59. The van der Waals surface area contributed by atoms with E-state index in [-0.39, 0.29) is 0 Å². The van der Waals surface area contributed by atoms with Crippen LogP contribution in [0.25, 0.3) is 11.2 Å². The zero-order valence-electron chi connectivity index (χ0n) is 22.8. The smallest absolute Gasteiger partial charge is 0.227 e. The van der Waals surface area contributed by atoms with E-state index in [1.54, 1.807) is 0 Å². The molecular weight excluding hydrogens is 464 g/mol. The average molecular weight is 513 g/mol. The molecule has 3 fully saturated rings. The van der Waals surface area contributed by atoms with Crippen LogP contribution in [0.4, 0.5) is 11.8 Å². The summed E-state index contributed by atoms with van der Waals surface area (Å²) >= 11 is 0. The molecule has 4 N–H and O–H groups in total. The molecule has 2 aromatic heterocycles. The summed E-state index contributed by atoms with van der Waals surface area (Å²) in [6, 6.07) is 1.65. The maximum Gasteiger partial charge on any atom is 0.227 e. The molecule has 2 aromatic rings. The summed E-state index contributed by atoms with van der Waals surface area (Å²) in [7, 11) is 0. The van der Waals surface area contributed by atoms with Crippen molar-refractivity contribution in [2.75, 3.05) is 43.5 Å². The van der Waals surface area contributed by atoms with E-state index in [0.29, 0.717) is 24.2 Å². The second-order valence-corrected chi connectivity index (χ2v) is 11.5. The van der Waals surface area contributed by atoms with Crippen molar-refractivity contribution in [3.8, 4) is 0 Å². The van der Waals surface area contributed by atoms with Gasteiger partial charge in [0, 0.05) is 50.5 Å². The first-order valence-electron chi connectivity index (χ1n) is 15.0. The Morgan fingerprint density at radius 3 is 2.43 bits per heavy atom. The van der Waals surface area contributed by atoms with Crippen molar-refractivity contribution in [2.45, 2.75) is 115 Å². The van der Waals surface area contributed by atoms with E-state index in [4.69, 9.17) is 25.4 Å². The minimum Gasteiger partial charge on any atom is -0.381 e. The van der Waals surface area contributed by atoms with Gasteiger partial charge >= 0.3 is 0 Å². The first-order valence-corrected chi connectivity index (χ1v) is 15.0. The normalized spacial score (nSPS) is 24.2. The molecule has 0 spiro atoms. The number of likely N-dealkylation sites (tertiary alicyclic amines) is 1. The predicted molar refractivity (Wildman–Crippen MR) is 150 cm³/mol. The van der Waals surface area contributed by atoms with Gasteiger partial charge in [-0.2, -0.15) is 9.97 Å². The minimum atomic E-state index is 0.336. The second-order valence-electron chi connectivity index (χ2n) is 11.5. The number of rotatable bonds is 12. The van der Waals surface area contributed by atoms with Gasteiger partial charge in [-0.05, 0) is 77.2 Å². The fourth-order valence-corrected chi connectivity index (χ4v) is 6.26. The number of nitrogens with zero attached hydrogens (tertiary/aromatic N) is 5. The van der Waals surface area contributed by atoms with Gasteiger partial charge in [0.2, 0.25) is 5.95 Å². The molecule has 0 bridgehead atoms. The van der Waals surface area contributed by atoms with E-state index >= 15 is 0 Å². The lowest BCUT2D eigenvalue weighted by Gasteiger charge is -2.32. The first kappa shape index (κ1) is 26.6. The Morgan fingerprint density at radius 2 is 1.68 bits per heavy atom. The molecule has 0 radical (unpaired) electrons. The van der Waals surface area contributed by atoms with Gasteiger partial charge in [-0.3, -0.25) is 0 Å². The van der Waals surface area contributed by atoms with Crippen molar-refractivity contribution in [3.05, 3.63) is 6.33 Å². The highest BCUT2D eigenvalue weighted by Gasteiger charge is 2.26. The van der Waals surface area contributed by atoms with Crippen molar-refractivity contribution in [1.82, 2.24) is 24.4 Å². The molecule has 1 saturated heterocycles. The summed E-state index contributed by atoms with van der Waals surface area (Å²) in [4.78, 5) is 17.4. The number of nitrogens with two attached hydrogens (primary N) is 1. The van der Waals surface area contributed by atoms with Crippen molar-refractivity contribution in [2.24, 2.45) is 5.73 Å². The molecule has 2 saturated carbocycles. The van der Waals surface area contributed by atoms with Gasteiger partial charge in [0.25, 0.3) is 0 Å². The standard InChI is InChI=1S/C28H48N8O/c1-2-18-37-19-6-5-15-35-16-13-23(14-17-35)31-26-25-27(36(20-30-25)24-7-3-4-8-24)34-28(33-26)32-22-11-9-21(29)10-12-22/h20-24H,2-19,29H2,1H3,(H2,31,32,33,34). The third kappa shape index (κ3) is 7.12. The number of aromatic nitrogens is 4. The van der Waals surface area contributed by atoms with Crippen LogP contribution in [0.15, 0.2) is 6.33 Å². The maximum atomic E-state index is 6.14. The first-order chi connectivity index (χ1) is 18.2. The number of imidazole rings is 1. The highest BCUT2D eigenvalue weighted by molar-refractivity contribution is 5.84. The Balaban J connectivity index is 1.23. The molecule has 3 heterocycles. The lowest BCUT2D eigenvalue weighted by molar-refractivity contribution is 0.125. The Morgan fingerprint density at radius 1 is 0.919 bits per heavy atom. The van der Waals surface area contributed by atoms with Crippen molar-refractivity contribution in [3.63, 3.8) is 0 Å². The van der Waals surface area contributed by atoms with Crippen LogP contribution < -0.4 is 16.4 Å².